The van der Waals surface area contributed by atoms with Crippen molar-refractivity contribution in [3.63, 3.8) is 0 Å². The van der Waals surface area contributed by atoms with Crippen LogP contribution in [0.5, 0.6) is 0 Å². The number of hydrogen-bond acceptors (Lipinski definition) is 6. The molecular formula is C15H10N4O3S. The molecule has 0 saturated carbocycles. The fourth-order valence-electron chi connectivity index (χ4n) is 1.81. The highest BCUT2D eigenvalue weighted by Gasteiger charge is 2.12. The van der Waals surface area contributed by atoms with Crippen molar-refractivity contribution in [1.29, 1.82) is 0 Å². The Balaban J connectivity index is 1.73. The summed E-state index contributed by atoms with van der Waals surface area (Å²) in [5.41, 5.74) is 1.08. The van der Waals surface area contributed by atoms with Gasteiger partial charge < -0.3 is 5.11 Å². The number of carboxylic acid groups (broad SMARTS) is 1. The van der Waals surface area contributed by atoms with Crippen molar-refractivity contribution in [2.75, 3.05) is 5.32 Å². The molecule has 1 amide bonds. The summed E-state index contributed by atoms with van der Waals surface area (Å²) in [5, 5.41) is 11.8. The number of carbonyl (C=O) groups excluding carboxylic acids is 1. The van der Waals surface area contributed by atoms with Gasteiger partial charge in [0.2, 0.25) is 5.13 Å². The van der Waals surface area contributed by atoms with E-state index >= 15 is 0 Å². The predicted octanol–water partition coefficient (Wildman–Crippen LogP) is 2.55. The van der Waals surface area contributed by atoms with Crippen LogP contribution in [-0.2, 0) is 0 Å². The van der Waals surface area contributed by atoms with Crippen LogP contribution < -0.4 is 5.32 Å². The van der Waals surface area contributed by atoms with Crippen molar-refractivity contribution >= 4 is 28.5 Å². The first-order chi connectivity index (χ1) is 11.1. The molecule has 2 aromatic heterocycles. The number of rotatable bonds is 4. The van der Waals surface area contributed by atoms with Crippen molar-refractivity contribution in [1.82, 2.24) is 14.3 Å². The number of aromatic nitrogens is 3. The topological polar surface area (TPSA) is 105 Å². The third kappa shape index (κ3) is 3.38. The van der Waals surface area contributed by atoms with Gasteiger partial charge in [0, 0.05) is 23.3 Å². The summed E-state index contributed by atoms with van der Waals surface area (Å²) < 4.78 is 4.15. The minimum Gasteiger partial charge on any atom is -0.478 e. The molecule has 2 N–H and O–H groups in total. The third-order valence-electron chi connectivity index (χ3n) is 2.93. The molecule has 0 aliphatic heterocycles. The van der Waals surface area contributed by atoms with Crippen molar-refractivity contribution in [2.45, 2.75) is 0 Å². The summed E-state index contributed by atoms with van der Waals surface area (Å²) in [7, 11) is 0. The lowest BCUT2D eigenvalue weighted by Gasteiger charge is -2.01. The van der Waals surface area contributed by atoms with Gasteiger partial charge in [-0.2, -0.15) is 9.36 Å². The Kier molecular flexibility index (Phi) is 4.07. The molecule has 0 radical (unpaired) electrons. The molecule has 0 fully saturated rings. The average molecular weight is 326 g/mol. The van der Waals surface area contributed by atoms with Gasteiger partial charge in [-0.3, -0.25) is 15.1 Å². The molecule has 0 aliphatic rings. The largest absolute Gasteiger partial charge is 0.478 e. The number of nitrogens with one attached hydrogen (secondary N) is 1. The van der Waals surface area contributed by atoms with Crippen LogP contribution >= 0.6 is 11.5 Å². The van der Waals surface area contributed by atoms with E-state index in [4.69, 9.17) is 5.11 Å². The molecule has 3 rings (SSSR count). The van der Waals surface area contributed by atoms with Crippen LogP contribution in [0.3, 0.4) is 0 Å². The van der Waals surface area contributed by atoms with Gasteiger partial charge in [-0.25, -0.2) is 4.79 Å². The Morgan fingerprint density at radius 2 is 1.78 bits per heavy atom. The van der Waals surface area contributed by atoms with Gasteiger partial charge in [0.15, 0.2) is 5.82 Å². The van der Waals surface area contributed by atoms with Crippen LogP contribution in [0, 0.1) is 0 Å². The molecule has 0 aliphatic carbocycles. The number of anilines is 1. The first kappa shape index (κ1) is 14.8. The lowest BCUT2D eigenvalue weighted by molar-refractivity contribution is 0.0696. The fourth-order valence-corrected chi connectivity index (χ4v) is 2.38. The van der Waals surface area contributed by atoms with Crippen LogP contribution in [0.15, 0.2) is 48.7 Å². The zero-order chi connectivity index (χ0) is 16.2. The Morgan fingerprint density at radius 1 is 1.04 bits per heavy atom. The molecule has 0 saturated heterocycles. The minimum absolute atomic E-state index is 0.120. The maximum atomic E-state index is 12.1. The molecule has 0 bridgehead atoms. The van der Waals surface area contributed by atoms with Crippen molar-refractivity contribution in [3.05, 3.63) is 59.8 Å². The molecule has 114 valence electrons. The number of nitrogens with zero attached hydrogens (tertiary/aromatic N) is 3. The highest BCUT2D eigenvalue weighted by molar-refractivity contribution is 7.10. The first-order valence-electron chi connectivity index (χ1n) is 6.53. The molecule has 7 nitrogen and oxygen atoms in total. The van der Waals surface area contributed by atoms with Gasteiger partial charge >= 0.3 is 5.97 Å². The zero-order valence-electron chi connectivity index (χ0n) is 11.6. The third-order valence-corrected chi connectivity index (χ3v) is 3.57. The van der Waals surface area contributed by atoms with Crippen molar-refractivity contribution in [2.24, 2.45) is 0 Å². The summed E-state index contributed by atoms with van der Waals surface area (Å²) in [6.07, 6.45) is 1.64. The maximum absolute atomic E-state index is 12.1. The second kappa shape index (κ2) is 6.32. The molecule has 3 aromatic rings. The molecule has 8 heteroatoms. The monoisotopic (exact) mass is 326 g/mol. The van der Waals surface area contributed by atoms with E-state index in [2.05, 4.69) is 19.7 Å². The first-order valence-corrected chi connectivity index (χ1v) is 7.30. The van der Waals surface area contributed by atoms with Crippen LogP contribution in [-0.4, -0.2) is 31.3 Å². The number of benzene rings is 1. The van der Waals surface area contributed by atoms with Crippen molar-refractivity contribution in [3.8, 4) is 11.5 Å². The second-order valence-corrected chi connectivity index (χ2v) is 5.23. The molecule has 1 aromatic carbocycles. The number of aromatic carboxylic acids is 1. The van der Waals surface area contributed by atoms with Crippen LogP contribution in [0.25, 0.3) is 11.5 Å². The second-order valence-electron chi connectivity index (χ2n) is 4.47. The van der Waals surface area contributed by atoms with E-state index in [1.54, 1.807) is 18.3 Å². The maximum Gasteiger partial charge on any atom is 0.335 e. The lowest BCUT2D eigenvalue weighted by Crippen LogP contribution is -2.12. The number of carbonyl (C=O) groups is 2. The quantitative estimate of drug-likeness (QED) is 0.763. The van der Waals surface area contributed by atoms with Crippen LogP contribution in [0.4, 0.5) is 5.13 Å². The van der Waals surface area contributed by atoms with Crippen LogP contribution in [0.1, 0.15) is 20.7 Å². The summed E-state index contributed by atoms with van der Waals surface area (Å²) in [4.78, 5) is 31.2. The van der Waals surface area contributed by atoms with Crippen LogP contribution in [0.2, 0.25) is 0 Å². The van der Waals surface area contributed by atoms with Gasteiger partial charge in [0.1, 0.15) is 5.69 Å². The number of amides is 1. The number of pyridine rings is 1. The van der Waals surface area contributed by atoms with Gasteiger partial charge in [-0.1, -0.05) is 6.07 Å². The van der Waals surface area contributed by atoms with E-state index in [9.17, 15) is 9.59 Å². The molecule has 23 heavy (non-hydrogen) atoms. The van der Waals surface area contributed by atoms with Gasteiger partial charge in [-0.15, -0.1) is 0 Å². The van der Waals surface area contributed by atoms with Crippen molar-refractivity contribution < 1.29 is 14.7 Å². The highest BCUT2D eigenvalue weighted by atomic mass is 32.1. The predicted molar refractivity (Wildman–Crippen MR) is 84.5 cm³/mol. The Hall–Kier alpha value is -3.13. The van der Waals surface area contributed by atoms with E-state index < -0.39 is 5.97 Å². The van der Waals surface area contributed by atoms with Gasteiger partial charge in [0.05, 0.1) is 5.56 Å². The van der Waals surface area contributed by atoms with Gasteiger partial charge in [-0.05, 0) is 36.4 Å². The smallest absolute Gasteiger partial charge is 0.335 e. The zero-order valence-corrected chi connectivity index (χ0v) is 12.4. The highest BCUT2D eigenvalue weighted by Crippen LogP contribution is 2.19. The summed E-state index contributed by atoms with van der Waals surface area (Å²) in [5.74, 6) is -0.987. The molecule has 0 spiro atoms. The Bertz CT molecular complexity index is 847. The van der Waals surface area contributed by atoms with E-state index in [0.29, 0.717) is 22.2 Å². The Morgan fingerprint density at radius 3 is 2.43 bits per heavy atom. The number of hydrogen-bond donors (Lipinski definition) is 2. The van der Waals surface area contributed by atoms with E-state index in [-0.39, 0.29) is 11.5 Å². The Labute approximate surface area is 134 Å². The normalized spacial score (nSPS) is 10.3. The standard InChI is InChI=1S/C15H10N4O3S/c20-13(9-4-6-10(7-5-9)14(21)22)18-15-17-12(19-23-15)11-3-1-2-8-16-11/h1-8H,(H,21,22)(H,17,18,19,20). The van der Waals surface area contributed by atoms with E-state index in [0.717, 1.165) is 11.5 Å². The van der Waals surface area contributed by atoms with Gasteiger partial charge in [0.25, 0.3) is 5.91 Å². The van der Waals surface area contributed by atoms with E-state index in [1.165, 1.54) is 24.3 Å². The summed E-state index contributed by atoms with van der Waals surface area (Å²) in [6, 6.07) is 11.0. The fraction of sp³-hybridized carbons (Fsp3) is 0. The van der Waals surface area contributed by atoms with E-state index in [1.807, 2.05) is 6.07 Å². The average Bonchev–Trinajstić information content (AvgIpc) is 3.04. The lowest BCUT2D eigenvalue weighted by atomic mass is 10.1. The minimum atomic E-state index is -1.04. The number of carboxylic acids is 1. The SMILES string of the molecule is O=C(O)c1ccc(C(=O)Nc2nc(-c3ccccn3)ns2)cc1. The molecule has 2 heterocycles. The molecule has 0 atom stereocenters. The summed E-state index contributed by atoms with van der Waals surface area (Å²) in [6.45, 7) is 0. The molecule has 0 unspecified atom stereocenters. The summed E-state index contributed by atoms with van der Waals surface area (Å²) >= 11 is 1.05. The molecular weight excluding hydrogens is 316 g/mol.